The van der Waals surface area contributed by atoms with Crippen molar-refractivity contribution in [2.24, 2.45) is 0 Å². The number of hydrogen-bond acceptors (Lipinski definition) is 3. The first kappa shape index (κ1) is 13.4. The third-order valence-electron chi connectivity index (χ3n) is 3.17. The SMILES string of the molecule is O=C1c2ccccc2C(=O)c2c(Cl)c(Cl)c(Cl)c(O)c21. The van der Waals surface area contributed by atoms with Crippen molar-refractivity contribution in [1.82, 2.24) is 0 Å². The smallest absolute Gasteiger partial charge is 0.198 e. The van der Waals surface area contributed by atoms with Crippen LogP contribution in [-0.4, -0.2) is 16.7 Å². The van der Waals surface area contributed by atoms with Crippen molar-refractivity contribution < 1.29 is 14.7 Å². The molecular formula is C14H5Cl3O3. The molecule has 0 aromatic heterocycles. The van der Waals surface area contributed by atoms with Crippen molar-refractivity contribution in [2.75, 3.05) is 0 Å². The Labute approximate surface area is 128 Å². The third kappa shape index (κ3) is 1.61. The van der Waals surface area contributed by atoms with Crippen LogP contribution in [0.4, 0.5) is 0 Å². The van der Waals surface area contributed by atoms with E-state index >= 15 is 0 Å². The number of benzene rings is 2. The van der Waals surface area contributed by atoms with E-state index in [0.29, 0.717) is 0 Å². The number of aromatic hydroxyl groups is 1. The predicted molar refractivity (Wildman–Crippen MR) is 76.4 cm³/mol. The maximum Gasteiger partial charge on any atom is 0.198 e. The van der Waals surface area contributed by atoms with Gasteiger partial charge in [-0.3, -0.25) is 9.59 Å². The normalized spacial score (nSPS) is 13.2. The minimum absolute atomic E-state index is 0.109. The number of phenols is 1. The van der Waals surface area contributed by atoms with Gasteiger partial charge in [0.2, 0.25) is 0 Å². The van der Waals surface area contributed by atoms with Gasteiger partial charge in [-0.2, -0.15) is 0 Å². The molecule has 0 atom stereocenters. The molecule has 0 saturated carbocycles. The zero-order chi connectivity index (χ0) is 14.6. The Hall–Kier alpha value is -1.55. The first-order chi connectivity index (χ1) is 9.45. The Bertz CT molecular complexity index is 731. The van der Waals surface area contributed by atoms with Crippen LogP contribution in [-0.2, 0) is 0 Å². The molecule has 0 spiro atoms. The minimum Gasteiger partial charge on any atom is -0.506 e. The number of hydrogen-bond donors (Lipinski definition) is 1. The van der Waals surface area contributed by atoms with Crippen molar-refractivity contribution in [1.29, 1.82) is 0 Å². The Morgan fingerprint density at radius 2 is 1.25 bits per heavy atom. The number of carbonyl (C=O) groups excluding carboxylic acids is 2. The van der Waals surface area contributed by atoms with Gasteiger partial charge in [0, 0.05) is 11.1 Å². The fourth-order valence-electron chi connectivity index (χ4n) is 2.23. The average molecular weight is 328 g/mol. The second-order valence-corrected chi connectivity index (χ2v) is 5.38. The molecule has 3 nitrogen and oxygen atoms in total. The van der Waals surface area contributed by atoms with Gasteiger partial charge in [0.05, 0.1) is 21.2 Å². The molecule has 6 heteroatoms. The molecule has 0 aliphatic heterocycles. The van der Waals surface area contributed by atoms with E-state index in [0.717, 1.165) is 0 Å². The van der Waals surface area contributed by atoms with Gasteiger partial charge in [-0.05, 0) is 0 Å². The summed E-state index contributed by atoms with van der Waals surface area (Å²) in [7, 11) is 0. The Morgan fingerprint density at radius 3 is 1.80 bits per heavy atom. The number of phenolic OH excluding ortho intramolecular Hbond substituents is 1. The van der Waals surface area contributed by atoms with Gasteiger partial charge in [0.15, 0.2) is 11.6 Å². The number of carbonyl (C=O) groups is 2. The highest BCUT2D eigenvalue weighted by Gasteiger charge is 2.36. The van der Waals surface area contributed by atoms with Crippen molar-refractivity contribution in [2.45, 2.75) is 0 Å². The highest BCUT2D eigenvalue weighted by molar-refractivity contribution is 6.51. The first-order valence-corrected chi connectivity index (χ1v) is 6.66. The van der Waals surface area contributed by atoms with E-state index < -0.39 is 17.3 Å². The molecule has 0 radical (unpaired) electrons. The predicted octanol–water partition coefficient (Wildman–Crippen LogP) is 4.13. The van der Waals surface area contributed by atoms with Gasteiger partial charge in [-0.15, -0.1) is 0 Å². The summed E-state index contributed by atoms with van der Waals surface area (Å²) < 4.78 is 0. The molecule has 0 amide bonds. The molecule has 3 rings (SSSR count). The number of ketones is 2. The fourth-order valence-corrected chi connectivity index (χ4v) is 2.93. The number of rotatable bonds is 0. The standard InChI is InChI=1S/C14H5Cl3O3/c15-9-7-8(14(20)11(17)10(9)16)13(19)6-4-2-1-3-5(6)12(7)18/h1-4,20H. The van der Waals surface area contributed by atoms with Crippen LogP contribution in [0.3, 0.4) is 0 Å². The Kier molecular flexibility index (Phi) is 3.01. The minimum atomic E-state index is -0.524. The van der Waals surface area contributed by atoms with Crippen LogP contribution in [0.25, 0.3) is 0 Å². The summed E-state index contributed by atoms with van der Waals surface area (Å²) in [5.74, 6) is -1.49. The van der Waals surface area contributed by atoms with Crippen molar-refractivity contribution in [3.63, 3.8) is 0 Å². The lowest BCUT2D eigenvalue weighted by atomic mass is 9.83. The summed E-state index contributed by atoms with van der Waals surface area (Å²) in [5, 5.41) is 9.50. The van der Waals surface area contributed by atoms with Crippen molar-refractivity contribution >= 4 is 46.4 Å². The summed E-state index contributed by atoms with van der Waals surface area (Å²) in [5.41, 5.74) is 0.120. The number of halogens is 3. The van der Waals surface area contributed by atoms with Crippen molar-refractivity contribution in [3.05, 3.63) is 61.6 Å². The van der Waals surface area contributed by atoms with E-state index in [1.54, 1.807) is 12.1 Å². The van der Waals surface area contributed by atoms with E-state index in [-0.39, 0.29) is 37.3 Å². The average Bonchev–Trinajstić information content (AvgIpc) is 2.46. The molecule has 0 saturated heterocycles. The van der Waals surface area contributed by atoms with Crippen LogP contribution in [0.1, 0.15) is 31.8 Å². The quantitative estimate of drug-likeness (QED) is 0.632. The lowest BCUT2D eigenvalue weighted by Crippen LogP contribution is -2.21. The molecule has 2 aromatic rings. The van der Waals surface area contributed by atoms with Gasteiger partial charge in [0.25, 0.3) is 0 Å². The van der Waals surface area contributed by atoms with Gasteiger partial charge < -0.3 is 5.11 Å². The largest absolute Gasteiger partial charge is 0.506 e. The number of fused-ring (bicyclic) bond motifs is 2. The Morgan fingerprint density at radius 1 is 0.750 bits per heavy atom. The lowest BCUT2D eigenvalue weighted by Gasteiger charge is -2.20. The van der Waals surface area contributed by atoms with Crippen molar-refractivity contribution in [3.8, 4) is 5.75 Å². The van der Waals surface area contributed by atoms with Gasteiger partial charge >= 0.3 is 0 Å². The molecule has 20 heavy (non-hydrogen) atoms. The van der Waals surface area contributed by atoms with E-state index in [4.69, 9.17) is 34.8 Å². The highest BCUT2D eigenvalue weighted by Crippen LogP contribution is 2.46. The van der Waals surface area contributed by atoms with Gasteiger partial charge in [-0.1, -0.05) is 59.1 Å². The Balaban J connectivity index is 2.46. The summed E-state index contributed by atoms with van der Waals surface area (Å²) in [6.07, 6.45) is 0. The summed E-state index contributed by atoms with van der Waals surface area (Å²) >= 11 is 17.7. The summed E-state index contributed by atoms with van der Waals surface area (Å²) in [4.78, 5) is 24.9. The van der Waals surface area contributed by atoms with Crippen LogP contribution in [0.2, 0.25) is 15.1 Å². The second kappa shape index (κ2) is 4.48. The lowest BCUT2D eigenvalue weighted by molar-refractivity contribution is 0.0977. The zero-order valence-corrected chi connectivity index (χ0v) is 12.0. The first-order valence-electron chi connectivity index (χ1n) is 5.53. The molecule has 1 aliphatic rings. The van der Waals surface area contributed by atoms with Crippen LogP contribution in [0.15, 0.2) is 24.3 Å². The zero-order valence-electron chi connectivity index (χ0n) is 9.71. The van der Waals surface area contributed by atoms with Gasteiger partial charge in [0.1, 0.15) is 10.8 Å². The molecule has 2 aromatic carbocycles. The molecule has 0 unspecified atom stereocenters. The molecule has 1 N–H and O–H groups in total. The summed E-state index contributed by atoms with van der Waals surface area (Å²) in [6, 6.07) is 6.30. The molecule has 0 bridgehead atoms. The van der Waals surface area contributed by atoms with E-state index in [1.807, 2.05) is 0 Å². The van der Waals surface area contributed by atoms with Crippen LogP contribution in [0.5, 0.6) is 5.75 Å². The van der Waals surface area contributed by atoms with Crippen LogP contribution in [0, 0.1) is 0 Å². The maximum absolute atomic E-state index is 12.4. The molecular weight excluding hydrogens is 323 g/mol. The topological polar surface area (TPSA) is 54.4 Å². The molecule has 100 valence electrons. The van der Waals surface area contributed by atoms with E-state index in [9.17, 15) is 14.7 Å². The summed E-state index contributed by atoms with van der Waals surface area (Å²) in [6.45, 7) is 0. The third-order valence-corrected chi connectivity index (χ3v) is 4.49. The molecule has 0 fully saturated rings. The van der Waals surface area contributed by atoms with Gasteiger partial charge in [-0.25, -0.2) is 0 Å². The van der Waals surface area contributed by atoms with Crippen LogP contribution < -0.4 is 0 Å². The highest BCUT2D eigenvalue weighted by atomic mass is 35.5. The molecule has 0 heterocycles. The fraction of sp³-hybridized carbons (Fsp3) is 0. The molecule has 1 aliphatic carbocycles. The van der Waals surface area contributed by atoms with Crippen LogP contribution >= 0.6 is 34.8 Å². The maximum atomic E-state index is 12.4. The monoisotopic (exact) mass is 326 g/mol. The second-order valence-electron chi connectivity index (χ2n) is 4.24. The van der Waals surface area contributed by atoms with E-state index in [1.165, 1.54) is 12.1 Å². The van der Waals surface area contributed by atoms with E-state index in [2.05, 4.69) is 0 Å².